The Morgan fingerprint density at radius 2 is 2.28 bits per heavy atom. The van der Waals surface area contributed by atoms with E-state index in [0.717, 1.165) is 44.8 Å². The predicted molar refractivity (Wildman–Crippen MR) is 74.0 cm³/mol. The first kappa shape index (κ1) is 13.3. The van der Waals surface area contributed by atoms with Crippen LogP contribution in [0.5, 0.6) is 0 Å². The SMILES string of the molecule is CCC(NC)c1ccc(N2CCCOCC2)cn1. The van der Waals surface area contributed by atoms with E-state index in [2.05, 4.69) is 34.3 Å². The Kier molecular flexibility index (Phi) is 4.96. The highest BCUT2D eigenvalue weighted by atomic mass is 16.5. The first-order chi connectivity index (χ1) is 8.85. The monoisotopic (exact) mass is 249 g/mol. The summed E-state index contributed by atoms with van der Waals surface area (Å²) in [6.07, 6.45) is 4.14. The van der Waals surface area contributed by atoms with Gasteiger partial charge in [0.05, 0.1) is 24.2 Å². The fourth-order valence-electron chi connectivity index (χ4n) is 2.36. The number of hydrogen-bond acceptors (Lipinski definition) is 4. The van der Waals surface area contributed by atoms with Crippen LogP contribution in [0.15, 0.2) is 18.3 Å². The van der Waals surface area contributed by atoms with Crippen molar-refractivity contribution in [2.24, 2.45) is 0 Å². The molecule has 1 N–H and O–H groups in total. The molecule has 18 heavy (non-hydrogen) atoms. The summed E-state index contributed by atoms with van der Waals surface area (Å²) in [7, 11) is 1.98. The van der Waals surface area contributed by atoms with Crippen LogP contribution in [0.1, 0.15) is 31.5 Å². The maximum Gasteiger partial charge on any atom is 0.0641 e. The van der Waals surface area contributed by atoms with Crippen molar-refractivity contribution in [2.45, 2.75) is 25.8 Å². The number of nitrogens with one attached hydrogen (secondary N) is 1. The van der Waals surface area contributed by atoms with Crippen LogP contribution in [0.3, 0.4) is 0 Å². The lowest BCUT2D eigenvalue weighted by molar-refractivity contribution is 0.152. The molecule has 0 radical (unpaired) electrons. The lowest BCUT2D eigenvalue weighted by Crippen LogP contribution is -2.26. The molecule has 0 aliphatic carbocycles. The molecule has 1 aromatic rings. The van der Waals surface area contributed by atoms with E-state index in [9.17, 15) is 0 Å². The van der Waals surface area contributed by atoms with Gasteiger partial charge in [-0.25, -0.2) is 0 Å². The Morgan fingerprint density at radius 3 is 2.94 bits per heavy atom. The van der Waals surface area contributed by atoms with Crippen molar-refractivity contribution in [1.82, 2.24) is 10.3 Å². The zero-order valence-electron chi connectivity index (χ0n) is 11.4. The average molecular weight is 249 g/mol. The lowest BCUT2D eigenvalue weighted by atomic mass is 10.1. The number of anilines is 1. The summed E-state index contributed by atoms with van der Waals surface area (Å²) in [5, 5.41) is 3.28. The molecule has 4 heteroatoms. The quantitative estimate of drug-likeness (QED) is 0.885. The summed E-state index contributed by atoms with van der Waals surface area (Å²) in [5.41, 5.74) is 2.32. The molecular weight excluding hydrogens is 226 g/mol. The summed E-state index contributed by atoms with van der Waals surface area (Å²) >= 11 is 0. The molecule has 0 spiro atoms. The summed E-state index contributed by atoms with van der Waals surface area (Å²) in [6.45, 7) is 5.88. The van der Waals surface area contributed by atoms with Gasteiger partial charge in [-0.15, -0.1) is 0 Å². The van der Waals surface area contributed by atoms with Crippen LogP contribution in [-0.2, 0) is 4.74 Å². The molecule has 1 aliphatic heterocycles. The summed E-state index contributed by atoms with van der Waals surface area (Å²) in [5.74, 6) is 0. The first-order valence-corrected chi connectivity index (χ1v) is 6.81. The van der Waals surface area contributed by atoms with Gasteiger partial charge >= 0.3 is 0 Å². The van der Waals surface area contributed by atoms with Crippen LogP contribution in [0, 0.1) is 0 Å². The molecule has 1 saturated heterocycles. The van der Waals surface area contributed by atoms with Crippen LogP contribution in [0.4, 0.5) is 5.69 Å². The van der Waals surface area contributed by atoms with Gasteiger partial charge in [-0.2, -0.15) is 0 Å². The van der Waals surface area contributed by atoms with Gasteiger partial charge in [-0.1, -0.05) is 6.92 Å². The molecule has 1 aliphatic rings. The number of aromatic nitrogens is 1. The van der Waals surface area contributed by atoms with Crippen molar-refractivity contribution in [2.75, 3.05) is 38.3 Å². The fraction of sp³-hybridized carbons (Fsp3) is 0.643. The second-order valence-electron chi connectivity index (χ2n) is 4.64. The molecule has 1 aromatic heterocycles. The van der Waals surface area contributed by atoms with Crippen LogP contribution in [0.25, 0.3) is 0 Å². The van der Waals surface area contributed by atoms with Gasteiger partial charge < -0.3 is 15.0 Å². The largest absolute Gasteiger partial charge is 0.380 e. The molecule has 2 rings (SSSR count). The maximum absolute atomic E-state index is 5.47. The molecular formula is C14H23N3O. The fourth-order valence-corrected chi connectivity index (χ4v) is 2.36. The van der Waals surface area contributed by atoms with Crippen molar-refractivity contribution in [3.8, 4) is 0 Å². The van der Waals surface area contributed by atoms with Crippen molar-refractivity contribution in [1.29, 1.82) is 0 Å². The first-order valence-electron chi connectivity index (χ1n) is 6.81. The number of pyridine rings is 1. The minimum Gasteiger partial charge on any atom is -0.380 e. The van der Waals surface area contributed by atoms with Crippen LogP contribution >= 0.6 is 0 Å². The standard InChI is InChI=1S/C14H23N3O/c1-3-13(15-2)14-6-5-12(11-16-14)17-7-4-9-18-10-8-17/h5-6,11,13,15H,3-4,7-10H2,1-2H3. The minimum absolute atomic E-state index is 0.353. The van der Waals surface area contributed by atoms with Gasteiger partial charge in [0.15, 0.2) is 0 Å². The Hall–Kier alpha value is -1.13. The smallest absolute Gasteiger partial charge is 0.0641 e. The predicted octanol–water partition coefficient (Wildman–Crippen LogP) is 1.98. The Labute approximate surface area is 109 Å². The second-order valence-corrected chi connectivity index (χ2v) is 4.64. The highest BCUT2D eigenvalue weighted by Crippen LogP contribution is 2.19. The Balaban J connectivity index is 2.06. The average Bonchev–Trinajstić information content (AvgIpc) is 2.70. The van der Waals surface area contributed by atoms with Gasteiger partial charge in [-0.05, 0) is 32.0 Å². The third-order valence-corrected chi connectivity index (χ3v) is 3.47. The van der Waals surface area contributed by atoms with E-state index in [1.54, 1.807) is 0 Å². The highest BCUT2D eigenvalue weighted by Gasteiger charge is 2.12. The molecule has 2 heterocycles. The Bertz CT molecular complexity index is 341. The molecule has 4 nitrogen and oxygen atoms in total. The van der Waals surface area contributed by atoms with E-state index >= 15 is 0 Å². The van der Waals surface area contributed by atoms with Crippen LogP contribution in [0.2, 0.25) is 0 Å². The zero-order chi connectivity index (χ0) is 12.8. The minimum atomic E-state index is 0.353. The van der Waals surface area contributed by atoms with Gasteiger partial charge in [0.1, 0.15) is 0 Å². The number of ether oxygens (including phenoxy) is 1. The number of rotatable bonds is 4. The summed E-state index contributed by atoms with van der Waals surface area (Å²) < 4.78 is 5.47. The van der Waals surface area contributed by atoms with E-state index in [4.69, 9.17) is 4.74 Å². The zero-order valence-corrected chi connectivity index (χ0v) is 11.4. The topological polar surface area (TPSA) is 37.4 Å². The van der Waals surface area contributed by atoms with Gasteiger partial charge in [-0.3, -0.25) is 4.98 Å². The molecule has 100 valence electrons. The molecule has 0 saturated carbocycles. The van der Waals surface area contributed by atoms with E-state index in [1.807, 2.05) is 13.2 Å². The van der Waals surface area contributed by atoms with Gasteiger partial charge in [0.25, 0.3) is 0 Å². The third kappa shape index (κ3) is 3.21. The maximum atomic E-state index is 5.47. The molecule has 0 bridgehead atoms. The van der Waals surface area contributed by atoms with Crippen LogP contribution < -0.4 is 10.2 Å². The van der Waals surface area contributed by atoms with Gasteiger partial charge in [0.2, 0.25) is 0 Å². The van der Waals surface area contributed by atoms with Crippen molar-refractivity contribution >= 4 is 5.69 Å². The third-order valence-electron chi connectivity index (χ3n) is 3.47. The lowest BCUT2D eigenvalue weighted by Gasteiger charge is -2.22. The van der Waals surface area contributed by atoms with Crippen molar-refractivity contribution in [3.63, 3.8) is 0 Å². The molecule has 0 amide bonds. The van der Waals surface area contributed by atoms with Crippen LogP contribution in [-0.4, -0.2) is 38.3 Å². The van der Waals surface area contributed by atoms with Gasteiger partial charge in [0, 0.05) is 25.7 Å². The van der Waals surface area contributed by atoms with E-state index in [0.29, 0.717) is 6.04 Å². The van der Waals surface area contributed by atoms with E-state index in [-0.39, 0.29) is 0 Å². The summed E-state index contributed by atoms with van der Waals surface area (Å²) in [4.78, 5) is 6.93. The Morgan fingerprint density at radius 1 is 1.39 bits per heavy atom. The number of hydrogen-bond donors (Lipinski definition) is 1. The highest BCUT2D eigenvalue weighted by molar-refractivity contribution is 5.44. The summed E-state index contributed by atoms with van der Waals surface area (Å²) in [6, 6.07) is 4.66. The molecule has 1 fully saturated rings. The molecule has 1 atom stereocenters. The number of nitrogens with zero attached hydrogens (tertiary/aromatic N) is 2. The van der Waals surface area contributed by atoms with Crippen molar-refractivity contribution < 1.29 is 4.74 Å². The molecule has 0 aromatic carbocycles. The van der Waals surface area contributed by atoms with Crippen molar-refractivity contribution in [3.05, 3.63) is 24.0 Å². The second kappa shape index (κ2) is 6.71. The van der Waals surface area contributed by atoms with E-state index in [1.165, 1.54) is 5.69 Å². The van der Waals surface area contributed by atoms with E-state index < -0.39 is 0 Å². The normalized spacial score (nSPS) is 18.4. The molecule has 1 unspecified atom stereocenters.